The number of amides is 1. The quantitative estimate of drug-likeness (QED) is 0.337. The molecule has 4 rings (SSSR count). The number of piperidine rings is 1. The van der Waals surface area contributed by atoms with Crippen molar-refractivity contribution in [3.8, 4) is 11.3 Å². The Labute approximate surface area is 209 Å². The first kappa shape index (κ1) is 26.2. The van der Waals surface area contributed by atoms with E-state index in [2.05, 4.69) is 14.7 Å². The standard InChI is InChI=1S/C23H25F4N5O3S/c1-31(2)36-30-22(33)14-3-6-32(7-4-14)21-19(16-9-15-5-8-35-20(15)18(24)10-16)28-11-17(29-21)12-34-13-23(25,26)27/h5,8-11,14H,3-4,6-7,12-13H2,1-2H3,(H,30,33). The first-order chi connectivity index (χ1) is 17.1. The molecule has 1 aliphatic heterocycles. The zero-order valence-corrected chi connectivity index (χ0v) is 20.5. The highest BCUT2D eigenvalue weighted by atomic mass is 32.2. The zero-order valence-electron chi connectivity index (χ0n) is 19.6. The van der Waals surface area contributed by atoms with Crippen molar-refractivity contribution in [3.63, 3.8) is 0 Å². The number of ether oxygens (including phenoxy) is 1. The van der Waals surface area contributed by atoms with Crippen molar-refractivity contribution in [2.45, 2.75) is 25.6 Å². The summed E-state index contributed by atoms with van der Waals surface area (Å²) >= 11 is 1.20. The van der Waals surface area contributed by atoms with Crippen LogP contribution in [0.1, 0.15) is 18.5 Å². The van der Waals surface area contributed by atoms with Crippen LogP contribution < -0.4 is 9.62 Å². The molecule has 0 radical (unpaired) electrons. The summed E-state index contributed by atoms with van der Waals surface area (Å²) in [5, 5.41) is 0.545. The van der Waals surface area contributed by atoms with Crippen molar-refractivity contribution in [2.24, 2.45) is 5.92 Å². The normalized spacial score (nSPS) is 15.1. The highest BCUT2D eigenvalue weighted by molar-refractivity contribution is 7.95. The van der Waals surface area contributed by atoms with Gasteiger partial charge < -0.3 is 14.1 Å². The van der Waals surface area contributed by atoms with Crippen LogP contribution in [0.5, 0.6) is 0 Å². The van der Waals surface area contributed by atoms with E-state index in [4.69, 9.17) is 9.15 Å². The van der Waals surface area contributed by atoms with Crippen LogP contribution in [0, 0.1) is 11.7 Å². The SMILES string of the molecule is CN(C)SNC(=O)C1CCN(c2nc(COCC(F)(F)F)cnc2-c2cc(F)c3occc3c2)CC1. The second kappa shape index (κ2) is 11.0. The monoisotopic (exact) mass is 527 g/mol. The second-order valence-electron chi connectivity index (χ2n) is 8.57. The van der Waals surface area contributed by atoms with Crippen LogP contribution in [0.15, 0.2) is 35.1 Å². The smallest absolute Gasteiger partial charge is 0.411 e. The number of alkyl halides is 3. The molecular formula is C23H25F4N5O3S. The fourth-order valence-electron chi connectivity index (χ4n) is 3.93. The molecule has 3 aromatic rings. The molecule has 0 unspecified atom stereocenters. The highest BCUT2D eigenvalue weighted by Crippen LogP contribution is 2.34. The van der Waals surface area contributed by atoms with Gasteiger partial charge in [-0.2, -0.15) is 13.2 Å². The number of nitrogens with zero attached hydrogens (tertiary/aromatic N) is 4. The van der Waals surface area contributed by atoms with Gasteiger partial charge in [-0.15, -0.1) is 0 Å². The maximum atomic E-state index is 14.6. The van der Waals surface area contributed by atoms with Crippen LogP contribution in [0.25, 0.3) is 22.2 Å². The van der Waals surface area contributed by atoms with Gasteiger partial charge in [-0.05, 0) is 45.1 Å². The number of hydrogen-bond donors (Lipinski definition) is 1. The molecular weight excluding hydrogens is 502 g/mol. The lowest BCUT2D eigenvalue weighted by molar-refractivity contribution is -0.176. The van der Waals surface area contributed by atoms with Gasteiger partial charge in [0.05, 0.1) is 24.8 Å². The molecule has 2 aromatic heterocycles. The third-order valence-corrected chi connectivity index (χ3v) is 6.25. The summed E-state index contributed by atoms with van der Waals surface area (Å²) in [6.07, 6.45) is -0.655. The maximum Gasteiger partial charge on any atom is 0.411 e. The van der Waals surface area contributed by atoms with Crippen molar-refractivity contribution in [1.29, 1.82) is 0 Å². The summed E-state index contributed by atoms with van der Waals surface area (Å²) in [5.41, 5.74) is 1.16. The van der Waals surface area contributed by atoms with Gasteiger partial charge in [0.2, 0.25) is 5.91 Å². The third kappa shape index (κ3) is 6.45. The van der Waals surface area contributed by atoms with Crippen molar-refractivity contribution in [1.82, 2.24) is 19.0 Å². The van der Waals surface area contributed by atoms with E-state index in [0.717, 1.165) is 0 Å². The lowest BCUT2D eigenvalue weighted by Gasteiger charge is -2.33. The first-order valence-corrected chi connectivity index (χ1v) is 11.9. The Kier molecular flexibility index (Phi) is 8.00. The highest BCUT2D eigenvalue weighted by Gasteiger charge is 2.29. The number of carbonyl (C=O) groups excluding carboxylic acids is 1. The molecule has 1 amide bonds. The van der Waals surface area contributed by atoms with E-state index >= 15 is 0 Å². The van der Waals surface area contributed by atoms with Gasteiger partial charge >= 0.3 is 6.18 Å². The topological polar surface area (TPSA) is 83.7 Å². The summed E-state index contributed by atoms with van der Waals surface area (Å²) in [6, 6.07) is 4.63. The largest absolute Gasteiger partial charge is 0.461 e. The average molecular weight is 528 g/mol. The molecule has 1 N–H and O–H groups in total. The molecule has 0 aliphatic carbocycles. The molecule has 3 heterocycles. The summed E-state index contributed by atoms with van der Waals surface area (Å²) in [6.45, 7) is -0.847. The van der Waals surface area contributed by atoms with Crippen LogP contribution >= 0.6 is 12.1 Å². The molecule has 8 nitrogen and oxygen atoms in total. The molecule has 0 spiro atoms. The number of hydrogen-bond acceptors (Lipinski definition) is 8. The summed E-state index contributed by atoms with van der Waals surface area (Å²) < 4.78 is 66.7. The number of carbonyl (C=O) groups is 1. The van der Waals surface area contributed by atoms with Gasteiger partial charge in [0.15, 0.2) is 17.2 Å². The van der Waals surface area contributed by atoms with Crippen molar-refractivity contribution in [2.75, 3.05) is 38.7 Å². The number of anilines is 1. The number of benzene rings is 1. The predicted molar refractivity (Wildman–Crippen MR) is 127 cm³/mol. The number of aromatic nitrogens is 2. The summed E-state index contributed by atoms with van der Waals surface area (Å²) in [5.74, 6) is -0.428. The van der Waals surface area contributed by atoms with Crippen LogP contribution in [-0.2, 0) is 16.1 Å². The molecule has 194 valence electrons. The maximum absolute atomic E-state index is 14.6. The average Bonchev–Trinajstić information content (AvgIpc) is 3.31. The molecule has 36 heavy (non-hydrogen) atoms. The number of furan rings is 1. The molecule has 13 heteroatoms. The Balaban J connectivity index is 1.58. The van der Waals surface area contributed by atoms with E-state index in [1.54, 1.807) is 16.4 Å². The van der Waals surface area contributed by atoms with Crippen LogP contribution in [0.4, 0.5) is 23.4 Å². The van der Waals surface area contributed by atoms with E-state index in [-0.39, 0.29) is 29.7 Å². The van der Waals surface area contributed by atoms with Gasteiger partial charge in [0.1, 0.15) is 12.3 Å². The second-order valence-corrected chi connectivity index (χ2v) is 9.69. The number of nitrogens with one attached hydrogen (secondary N) is 1. The van der Waals surface area contributed by atoms with Gasteiger partial charge in [-0.3, -0.25) is 14.5 Å². The Bertz CT molecular complexity index is 1210. The Morgan fingerprint density at radius 1 is 1.31 bits per heavy atom. The molecule has 1 aliphatic rings. The van der Waals surface area contributed by atoms with Gasteiger partial charge in [-0.1, -0.05) is 0 Å². The summed E-state index contributed by atoms with van der Waals surface area (Å²) in [4.78, 5) is 23.3. The van der Waals surface area contributed by atoms with E-state index < -0.39 is 18.6 Å². The Morgan fingerprint density at radius 3 is 2.75 bits per heavy atom. The summed E-state index contributed by atoms with van der Waals surface area (Å²) in [7, 11) is 3.64. The van der Waals surface area contributed by atoms with E-state index in [1.807, 2.05) is 19.0 Å². The molecule has 0 saturated carbocycles. The van der Waals surface area contributed by atoms with E-state index in [0.29, 0.717) is 48.4 Å². The van der Waals surface area contributed by atoms with E-state index in [9.17, 15) is 22.4 Å². The Morgan fingerprint density at radius 2 is 2.06 bits per heavy atom. The van der Waals surface area contributed by atoms with Crippen LogP contribution in [-0.4, -0.2) is 60.1 Å². The third-order valence-electron chi connectivity index (χ3n) is 5.59. The number of rotatable bonds is 8. The van der Waals surface area contributed by atoms with Gasteiger partial charge in [0.25, 0.3) is 0 Å². The minimum Gasteiger partial charge on any atom is -0.461 e. The molecule has 0 atom stereocenters. The van der Waals surface area contributed by atoms with Crippen molar-refractivity contribution in [3.05, 3.63) is 42.2 Å². The van der Waals surface area contributed by atoms with Gasteiger partial charge in [0, 0.05) is 42.1 Å². The van der Waals surface area contributed by atoms with Crippen LogP contribution in [0.2, 0.25) is 0 Å². The fraction of sp³-hybridized carbons (Fsp3) is 0.435. The first-order valence-electron chi connectivity index (χ1n) is 11.2. The number of halogens is 4. The van der Waals surface area contributed by atoms with Gasteiger partial charge in [-0.25, -0.2) is 13.7 Å². The molecule has 1 saturated heterocycles. The van der Waals surface area contributed by atoms with Crippen LogP contribution in [0.3, 0.4) is 0 Å². The van der Waals surface area contributed by atoms with Crippen molar-refractivity contribution >= 4 is 34.8 Å². The van der Waals surface area contributed by atoms with E-state index in [1.165, 1.54) is 30.7 Å². The lowest BCUT2D eigenvalue weighted by Crippen LogP contribution is -2.40. The molecule has 1 fully saturated rings. The lowest BCUT2D eigenvalue weighted by atomic mass is 9.96. The molecule has 0 bridgehead atoms. The zero-order chi connectivity index (χ0) is 25.9. The molecule has 1 aromatic carbocycles. The minimum atomic E-state index is -4.46. The predicted octanol–water partition coefficient (Wildman–Crippen LogP) is 4.57. The fourth-order valence-corrected chi connectivity index (χ4v) is 4.37. The van der Waals surface area contributed by atoms with Crippen molar-refractivity contribution < 1.29 is 31.5 Å². The minimum absolute atomic E-state index is 0.0681. The number of fused-ring (bicyclic) bond motifs is 1. The Hall–Kier alpha value is -2.90.